The first-order valence-corrected chi connectivity index (χ1v) is 3.69. The second-order valence-corrected chi connectivity index (χ2v) is 2.60. The van der Waals surface area contributed by atoms with E-state index in [9.17, 15) is 9.90 Å². The SMILES string of the molecule is NC(C(=O)O)C(O)c1cccnc1. The van der Waals surface area contributed by atoms with E-state index in [2.05, 4.69) is 4.98 Å². The lowest BCUT2D eigenvalue weighted by molar-refractivity contribution is -0.141. The van der Waals surface area contributed by atoms with Crippen molar-refractivity contribution in [1.29, 1.82) is 0 Å². The first-order valence-electron chi connectivity index (χ1n) is 3.69. The predicted molar refractivity (Wildman–Crippen MR) is 44.8 cm³/mol. The molecule has 13 heavy (non-hydrogen) atoms. The van der Waals surface area contributed by atoms with Crippen molar-refractivity contribution in [3.63, 3.8) is 0 Å². The van der Waals surface area contributed by atoms with E-state index < -0.39 is 18.1 Å². The molecule has 0 aliphatic rings. The summed E-state index contributed by atoms with van der Waals surface area (Å²) in [7, 11) is 0. The van der Waals surface area contributed by atoms with Gasteiger partial charge in [-0.05, 0) is 6.07 Å². The van der Waals surface area contributed by atoms with Gasteiger partial charge in [-0.1, -0.05) is 6.07 Å². The van der Waals surface area contributed by atoms with E-state index in [0.29, 0.717) is 5.56 Å². The highest BCUT2D eigenvalue weighted by molar-refractivity contribution is 5.74. The lowest BCUT2D eigenvalue weighted by Gasteiger charge is -2.14. The summed E-state index contributed by atoms with van der Waals surface area (Å²) in [5, 5.41) is 17.9. The zero-order chi connectivity index (χ0) is 9.84. The van der Waals surface area contributed by atoms with Crippen molar-refractivity contribution in [2.75, 3.05) is 0 Å². The van der Waals surface area contributed by atoms with E-state index in [1.807, 2.05) is 0 Å². The van der Waals surface area contributed by atoms with Crippen LogP contribution in [0.2, 0.25) is 0 Å². The fourth-order valence-corrected chi connectivity index (χ4v) is 0.893. The van der Waals surface area contributed by atoms with Crippen LogP contribution in [0.4, 0.5) is 0 Å². The summed E-state index contributed by atoms with van der Waals surface area (Å²) < 4.78 is 0. The van der Waals surface area contributed by atoms with Crippen LogP contribution in [0, 0.1) is 0 Å². The molecule has 4 N–H and O–H groups in total. The summed E-state index contributed by atoms with van der Waals surface area (Å²) in [6.07, 6.45) is 1.70. The molecule has 0 radical (unpaired) electrons. The Kier molecular flexibility index (Phi) is 2.94. The molecule has 0 saturated carbocycles. The van der Waals surface area contributed by atoms with E-state index in [4.69, 9.17) is 10.8 Å². The summed E-state index contributed by atoms with van der Waals surface area (Å²) in [6.45, 7) is 0. The smallest absolute Gasteiger partial charge is 0.323 e. The summed E-state index contributed by atoms with van der Waals surface area (Å²) in [6, 6.07) is 1.86. The van der Waals surface area contributed by atoms with E-state index in [1.165, 1.54) is 12.4 Å². The molecule has 0 bridgehead atoms. The zero-order valence-electron chi connectivity index (χ0n) is 6.79. The number of aliphatic carboxylic acids is 1. The van der Waals surface area contributed by atoms with Gasteiger partial charge in [0.1, 0.15) is 12.1 Å². The maximum atomic E-state index is 10.4. The zero-order valence-corrected chi connectivity index (χ0v) is 6.79. The summed E-state index contributed by atoms with van der Waals surface area (Å²) in [5.74, 6) is -1.24. The van der Waals surface area contributed by atoms with Crippen LogP contribution in [0.25, 0.3) is 0 Å². The molecule has 0 fully saturated rings. The van der Waals surface area contributed by atoms with Gasteiger partial charge < -0.3 is 15.9 Å². The monoisotopic (exact) mass is 182 g/mol. The number of aliphatic hydroxyl groups is 1. The molecule has 5 nitrogen and oxygen atoms in total. The van der Waals surface area contributed by atoms with Crippen LogP contribution >= 0.6 is 0 Å². The number of hydrogen-bond acceptors (Lipinski definition) is 4. The Labute approximate surface area is 74.8 Å². The molecule has 0 aliphatic heterocycles. The molecule has 70 valence electrons. The predicted octanol–water partition coefficient (Wildman–Crippen LogP) is -0.473. The Balaban J connectivity index is 2.79. The quantitative estimate of drug-likeness (QED) is 0.587. The van der Waals surface area contributed by atoms with Crippen LogP contribution in [-0.4, -0.2) is 27.2 Å². The van der Waals surface area contributed by atoms with Gasteiger partial charge >= 0.3 is 5.97 Å². The second-order valence-electron chi connectivity index (χ2n) is 2.60. The molecule has 1 heterocycles. The molecule has 0 amide bonds. The van der Waals surface area contributed by atoms with Gasteiger partial charge in [0.05, 0.1) is 0 Å². The topological polar surface area (TPSA) is 96.4 Å². The van der Waals surface area contributed by atoms with Gasteiger partial charge in [0.15, 0.2) is 0 Å². The number of aliphatic hydroxyl groups excluding tert-OH is 1. The molecule has 2 atom stereocenters. The van der Waals surface area contributed by atoms with Crippen LogP contribution in [-0.2, 0) is 4.79 Å². The van der Waals surface area contributed by atoms with Gasteiger partial charge in [-0.15, -0.1) is 0 Å². The van der Waals surface area contributed by atoms with Crippen molar-refractivity contribution in [2.24, 2.45) is 5.73 Å². The summed E-state index contributed by atoms with van der Waals surface area (Å²) in [4.78, 5) is 14.1. The van der Waals surface area contributed by atoms with E-state index in [1.54, 1.807) is 12.1 Å². The van der Waals surface area contributed by atoms with Crippen LogP contribution in [0.15, 0.2) is 24.5 Å². The molecule has 1 aromatic rings. The maximum absolute atomic E-state index is 10.4. The summed E-state index contributed by atoms with van der Waals surface area (Å²) in [5.41, 5.74) is 5.62. The Hall–Kier alpha value is -1.46. The molecule has 1 rings (SSSR count). The van der Waals surface area contributed by atoms with Crippen molar-refractivity contribution >= 4 is 5.97 Å². The Morgan fingerprint density at radius 2 is 2.31 bits per heavy atom. The number of rotatable bonds is 3. The Morgan fingerprint density at radius 3 is 2.77 bits per heavy atom. The average molecular weight is 182 g/mol. The van der Waals surface area contributed by atoms with Gasteiger partial charge in [-0.25, -0.2) is 0 Å². The Morgan fingerprint density at radius 1 is 1.62 bits per heavy atom. The van der Waals surface area contributed by atoms with Crippen LogP contribution in [0.5, 0.6) is 0 Å². The first kappa shape index (κ1) is 9.63. The van der Waals surface area contributed by atoms with Crippen LogP contribution < -0.4 is 5.73 Å². The molecule has 2 unspecified atom stereocenters. The number of pyridine rings is 1. The normalized spacial score (nSPS) is 14.9. The standard InChI is InChI=1S/C8H10N2O3/c9-6(8(12)13)7(11)5-2-1-3-10-4-5/h1-4,6-7,11H,9H2,(H,12,13). The van der Waals surface area contributed by atoms with Crippen molar-refractivity contribution in [3.8, 4) is 0 Å². The third-order valence-corrected chi connectivity index (χ3v) is 1.65. The molecule has 0 aromatic carbocycles. The van der Waals surface area contributed by atoms with Crippen LogP contribution in [0.1, 0.15) is 11.7 Å². The minimum Gasteiger partial charge on any atom is -0.480 e. The maximum Gasteiger partial charge on any atom is 0.323 e. The van der Waals surface area contributed by atoms with Gasteiger partial charge in [0.25, 0.3) is 0 Å². The van der Waals surface area contributed by atoms with E-state index >= 15 is 0 Å². The minimum atomic E-state index is -1.32. The molecule has 5 heteroatoms. The van der Waals surface area contributed by atoms with Crippen molar-refractivity contribution in [1.82, 2.24) is 4.98 Å². The number of nitrogens with two attached hydrogens (primary N) is 1. The van der Waals surface area contributed by atoms with Crippen molar-refractivity contribution in [3.05, 3.63) is 30.1 Å². The highest BCUT2D eigenvalue weighted by Gasteiger charge is 2.23. The largest absolute Gasteiger partial charge is 0.480 e. The highest BCUT2D eigenvalue weighted by atomic mass is 16.4. The third-order valence-electron chi connectivity index (χ3n) is 1.65. The fraction of sp³-hybridized carbons (Fsp3) is 0.250. The summed E-state index contributed by atoms with van der Waals surface area (Å²) >= 11 is 0. The van der Waals surface area contributed by atoms with Gasteiger partial charge in [0, 0.05) is 18.0 Å². The number of carbonyl (C=O) groups is 1. The number of carboxylic acids is 1. The molecule has 0 spiro atoms. The lowest BCUT2D eigenvalue weighted by Crippen LogP contribution is -2.36. The van der Waals surface area contributed by atoms with Gasteiger partial charge in [-0.3, -0.25) is 9.78 Å². The molecular formula is C8H10N2O3. The van der Waals surface area contributed by atoms with Crippen molar-refractivity contribution in [2.45, 2.75) is 12.1 Å². The lowest BCUT2D eigenvalue weighted by atomic mass is 10.1. The van der Waals surface area contributed by atoms with Gasteiger partial charge in [-0.2, -0.15) is 0 Å². The second kappa shape index (κ2) is 3.97. The third kappa shape index (κ3) is 2.24. The Bertz CT molecular complexity index is 289. The highest BCUT2D eigenvalue weighted by Crippen LogP contribution is 2.13. The number of hydrogen-bond donors (Lipinski definition) is 3. The van der Waals surface area contributed by atoms with Gasteiger partial charge in [0.2, 0.25) is 0 Å². The fourth-order valence-electron chi connectivity index (χ4n) is 0.893. The minimum absolute atomic E-state index is 0.400. The van der Waals surface area contributed by atoms with Crippen LogP contribution in [0.3, 0.4) is 0 Å². The number of carboxylic acid groups (broad SMARTS) is 1. The molecule has 0 aliphatic carbocycles. The number of nitrogens with zero attached hydrogens (tertiary/aromatic N) is 1. The molecule has 0 saturated heterocycles. The van der Waals surface area contributed by atoms with E-state index in [-0.39, 0.29) is 0 Å². The first-order chi connectivity index (χ1) is 6.13. The van der Waals surface area contributed by atoms with Crippen molar-refractivity contribution < 1.29 is 15.0 Å². The van der Waals surface area contributed by atoms with E-state index in [0.717, 1.165) is 0 Å². The number of aromatic nitrogens is 1. The molecular weight excluding hydrogens is 172 g/mol. The average Bonchev–Trinajstić information content (AvgIpc) is 2.17. The molecule has 1 aromatic heterocycles.